The smallest absolute Gasteiger partial charge is 0.138 e. The van der Waals surface area contributed by atoms with E-state index in [0.29, 0.717) is 0 Å². The number of pyridine rings is 3. The first-order valence-corrected chi connectivity index (χ1v) is 13.5. The number of fused-ring (bicyclic) bond motifs is 12. The fourth-order valence-corrected chi connectivity index (χ4v) is 6.48. The monoisotopic (exact) mass is 510 g/mol. The maximum Gasteiger partial charge on any atom is 0.138 e. The second kappa shape index (κ2) is 8.01. The Morgan fingerprint density at radius 1 is 0.475 bits per heavy atom. The number of hydrogen-bond acceptors (Lipinski definition) is 2. The Morgan fingerprint density at radius 3 is 2.05 bits per heavy atom. The van der Waals surface area contributed by atoms with E-state index in [2.05, 4.69) is 117 Å². The molecule has 40 heavy (non-hydrogen) atoms. The third-order valence-corrected chi connectivity index (χ3v) is 8.13. The van der Waals surface area contributed by atoms with Gasteiger partial charge in [-0.1, -0.05) is 78.9 Å². The van der Waals surface area contributed by atoms with Crippen LogP contribution in [0.25, 0.3) is 77.1 Å². The Hall–Kier alpha value is -5.48. The standard InChI is InChI=1S/C36H22N4/c1-4-15-30-23(10-1)22-33-27-20-19-25-24-11-2-5-16-31(24)40(34-18-9-14-29(38-34)28-13-7-8-21-37-28)36(25)35(27)26-12-3-6-17-32(26)39(30)33/h1-22H. The predicted molar refractivity (Wildman–Crippen MR) is 165 cm³/mol. The third kappa shape index (κ3) is 2.85. The third-order valence-electron chi connectivity index (χ3n) is 8.13. The van der Waals surface area contributed by atoms with Gasteiger partial charge in [-0.2, -0.15) is 0 Å². The summed E-state index contributed by atoms with van der Waals surface area (Å²) in [7, 11) is 0. The summed E-state index contributed by atoms with van der Waals surface area (Å²) in [4.78, 5) is 9.73. The maximum atomic E-state index is 5.16. The van der Waals surface area contributed by atoms with Crippen molar-refractivity contribution in [1.82, 2.24) is 18.9 Å². The molecule has 0 aliphatic rings. The number of nitrogens with zero attached hydrogens (tertiary/aromatic N) is 4. The van der Waals surface area contributed by atoms with Crippen molar-refractivity contribution in [3.63, 3.8) is 0 Å². The fourth-order valence-electron chi connectivity index (χ4n) is 6.48. The fraction of sp³-hybridized carbons (Fsp3) is 0. The second-order valence-corrected chi connectivity index (χ2v) is 10.3. The molecule has 9 aromatic rings. The summed E-state index contributed by atoms with van der Waals surface area (Å²) in [6.45, 7) is 0. The van der Waals surface area contributed by atoms with Gasteiger partial charge in [-0.25, -0.2) is 4.98 Å². The minimum Gasteiger partial charge on any atom is -0.309 e. The van der Waals surface area contributed by atoms with Crippen LogP contribution >= 0.6 is 0 Å². The molecule has 5 heterocycles. The normalized spacial score (nSPS) is 12.0. The molecule has 4 nitrogen and oxygen atoms in total. The van der Waals surface area contributed by atoms with Gasteiger partial charge >= 0.3 is 0 Å². The molecule has 0 atom stereocenters. The lowest BCUT2D eigenvalue weighted by molar-refractivity contribution is 1.08. The quantitative estimate of drug-likeness (QED) is 0.218. The predicted octanol–water partition coefficient (Wildman–Crippen LogP) is 8.95. The van der Waals surface area contributed by atoms with Gasteiger partial charge in [0.2, 0.25) is 0 Å². The van der Waals surface area contributed by atoms with E-state index in [4.69, 9.17) is 4.98 Å². The van der Waals surface area contributed by atoms with E-state index in [-0.39, 0.29) is 0 Å². The molecule has 4 aromatic carbocycles. The lowest BCUT2D eigenvalue weighted by Crippen LogP contribution is -2.00. The topological polar surface area (TPSA) is 35.1 Å². The van der Waals surface area contributed by atoms with Crippen molar-refractivity contribution >= 4 is 59.9 Å². The van der Waals surface area contributed by atoms with Crippen LogP contribution in [-0.2, 0) is 0 Å². The SMILES string of the molecule is c1ccc(-c2cccc(-n3c4ccccc4c4ccc5c(c6ccccc6n6c7ccccc7cc56)c43)n2)nc1. The Morgan fingerprint density at radius 2 is 1.18 bits per heavy atom. The Balaban J connectivity index is 1.51. The molecule has 0 aliphatic heterocycles. The molecule has 0 unspecified atom stereocenters. The number of rotatable bonds is 2. The average molecular weight is 511 g/mol. The van der Waals surface area contributed by atoms with Gasteiger partial charge in [-0.05, 0) is 48.5 Å². The summed E-state index contributed by atoms with van der Waals surface area (Å²) in [5, 5.41) is 7.37. The van der Waals surface area contributed by atoms with Crippen LogP contribution in [0, 0.1) is 0 Å². The molecule has 0 fully saturated rings. The zero-order chi connectivity index (χ0) is 26.2. The van der Waals surface area contributed by atoms with E-state index in [1.807, 2.05) is 30.5 Å². The number of hydrogen-bond donors (Lipinski definition) is 0. The van der Waals surface area contributed by atoms with Crippen molar-refractivity contribution < 1.29 is 0 Å². The lowest BCUT2D eigenvalue weighted by atomic mass is 10.0. The number of para-hydroxylation sites is 3. The highest BCUT2D eigenvalue weighted by molar-refractivity contribution is 6.28. The van der Waals surface area contributed by atoms with Crippen LogP contribution in [-0.4, -0.2) is 18.9 Å². The largest absolute Gasteiger partial charge is 0.309 e. The highest BCUT2D eigenvalue weighted by Crippen LogP contribution is 2.42. The summed E-state index contributed by atoms with van der Waals surface area (Å²) >= 11 is 0. The molecule has 0 aliphatic carbocycles. The van der Waals surface area contributed by atoms with Gasteiger partial charge < -0.3 is 4.40 Å². The molecule has 0 bridgehead atoms. The second-order valence-electron chi connectivity index (χ2n) is 10.3. The summed E-state index contributed by atoms with van der Waals surface area (Å²) in [5.41, 5.74) is 7.67. The molecular formula is C36H22N4. The highest BCUT2D eigenvalue weighted by atomic mass is 15.1. The van der Waals surface area contributed by atoms with Gasteiger partial charge in [-0.3, -0.25) is 9.55 Å². The highest BCUT2D eigenvalue weighted by Gasteiger charge is 2.20. The molecular weight excluding hydrogens is 488 g/mol. The van der Waals surface area contributed by atoms with E-state index < -0.39 is 0 Å². The van der Waals surface area contributed by atoms with E-state index in [9.17, 15) is 0 Å². The van der Waals surface area contributed by atoms with Gasteiger partial charge in [0.05, 0.1) is 39.0 Å². The van der Waals surface area contributed by atoms with Crippen LogP contribution < -0.4 is 0 Å². The molecule has 9 rings (SSSR count). The molecule has 0 saturated heterocycles. The van der Waals surface area contributed by atoms with E-state index in [0.717, 1.165) is 22.7 Å². The number of benzene rings is 4. The first-order valence-electron chi connectivity index (χ1n) is 13.5. The van der Waals surface area contributed by atoms with Crippen molar-refractivity contribution in [1.29, 1.82) is 0 Å². The van der Waals surface area contributed by atoms with Gasteiger partial charge in [0.1, 0.15) is 5.82 Å². The van der Waals surface area contributed by atoms with Gasteiger partial charge in [0, 0.05) is 38.5 Å². The Labute approximate surface area is 229 Å². The molecule has 4 heteroatoms. The molecule has 0 radical (unpaired) electrons. The molecule has 0 saturated carbocycles. The summed E-state index contributed by atoms with van der Waals surface area (Å²) in [5.74, 6) is 0.881. The van der Waals surface area contributed by atoms with Crippen LogP contribution in [0.1, 0.15) is 0 Å². The van der Waals surface area contributed by atoms with Crippen molar-refractivity contribution in [2.45, 2.75) is 0 Å². The number of aromatic nitrogens is 4. The van der Waals surface area contributed by atoms with Crippen LogP contribution in [0.2, 0.25) is 0 Å². The van der Waals surface area contributed by atoms with E-state index >= 15 is 0 Å². The van der Waals surface area contributed by atoms with Gasteiger partial charge in [0.25, 0.3) is 0 Å². The lowest BCUT2D eigenvalue weighted by Gasteiger charge is -2.14. The summed E-state index contributed by atoms with van der Waals surface area (Å²) in [6.07, 6.45) is 1.82. The van der Waals surface area contributed by atoms with Gasteiger partial charge in [0.15, 0.2) is 0 Å². The average Bonchev–Trinajstić information content (AvgIpc) is 3.58. The minimum atomic E-state index is 0.856. The zero-order valence-electron chi connectivity index (χ0n) is 21.5. The molecule has 5 aromatic heterocycles. The van der Waals surface area contributed by atoms with Crippen molar-refractivity contribution in [3.8, 4) is 17.2 Å². The van der Waals surface area contributed by atoms with Crippen LogP contribution in [0.4, 0.5) is 0 Å². The van der Waals surface area contributed by atoms with Gasteiger partial charge in [-0.15, -0.1) is 0 Å². The Kier molecular flexibility index (Phi) is 4.30. The minimum absolute atomic E-state index is 0.856. The van der Waals surface area contributed by atoms with Crippen molar-refractivity contribution in [2.75, 3.05) is 0 Å². The molecule has 0 amide bonds. The molecule has 0 spiro atoms. The zero-order valence-corrected chi connectivity index (χ0v) is 21.5. The summed E-state index contributed by atoms with van der Waals surface area (Å²) < 4.78 is 4.75. The first kappa shape index (κ1) is 21.5. The molecule has 0 N–H and O–H groups in total. The van der Waals surface area contributed by atoms with E-state index in [1.165, 1.54) is 54.4 Å². The Bertz CT molecular complexity index is 2430. The van der Waals surface area contributed by atoms with Crippen molar-refractivity contribution in [3.05, 3.63) is 134 Å². The summed E-state index contributed by atoms with van der Waals surface area (Å²) in [6, 6.07) is 45.1. The van der Waals surface area contributed by atoms with Crippen LogP contribution in [0.5, 0.6) is 0 Å². The van der Waals surface area contributed by atoms with Crippen LogP contribution in [0.3, 0.4) is 0 Å². The maximum absolute atomic E-state index is 5.16. The molecule has 186 valence electrons. The van der Waals surface area contributed by atoms with E-state index in [1.54, 1.807) is 0 Å². The van der Waals surface area contributed by atoms with Crippen LogP contribution in [0.15, 0.2) is 134 Å². The first-order chi connectivity index (χ1) is 19.9. The van der Waals surface area contributed by atoms with Crippen molar-refractivity contribution in [2.24, 2.45) is 0 Å².